The Morgan fingerprint density at radius 2 is 1.85 bits per heavy atom. The zero-order valence-electron chi connectivity index (χ0n) is 19.5. The Kier molecular flexibility index (Phi) is 7.21. The van der Waals surface area contributed by atoms with Gasteiger partial charge in [-0.3, -0.25) is 14.5 Å². The van der Waals surface area contributed by atoms with Crippen molar-refractivity contribution in [3.8, 4) is 0 Å². The maximum Gasteiger partial charge on any atom is 0.252 e. The Morgan fingerprint density at radius 3 is 2.58 bits per heavy atom. The molecule has 4 rings (SSSR count). The van der Waals surface area contributed by atoms with Gasteiger partial charge in [0.15, 0.2) is 0 Å². The molecule has 1 aromatic carbocycles. The predicted molar refractivity (Wildman–Crippen MR) is 129 cm³/mol. The maximum atomic E-state index is 13.2. The van der Waals surface area contributed by atoms with Crippen LogP contribution in [-0.2, 0) is 10.0 Å². The van der Waals surface area contributed by atoms with Crippen LogP contribution in [0.25, 0.3) is 10.9 Å². The highest BCUT2D eigenvalue weighted by Gasteiger charge is 2.28. The quantitative estimate of drug-likeness (QED) is 0.670. The number of hydrogen-bond donors (Lipinski definition) is 2. The van der Waals surface area contributed by atoms with E-state index >= 15 is 0 Å². The van der Waals surface area contributed by atoms with Crippen LogP contribution >= 0.6 is 0 Å². The molecule has 0 unspecified atom stereocenters. The van der Waals surface area contributed by atoms with E-state index in [1.165, 1.54) is 41.8 Å². The minimum absolute atomic E-state index is 0.146. The van der Waals surface area contributed by atoms with Crippen molar-refractivity contribution in [2.45, 2.75) is 56.9 Å². The lowest BCUT2D eigenvalue weighted by Crippen LogP contribution is -2.42. The van der Waals surface area contributed by atoms with Crippen molar-refractivity contribution in [2.24, 2.45) is 5.92 Å². The number of nitrogens with zero attached hydrogens (tertiary/aromatic N) is 2. The topological polar surface area (TPSA) is 103 Å². The van der Waals surface area contributed by atoms with Crippen LogP contribution in [0.15, 0.2) is 34.0 Å². The maximum absolute atomic E-state index is 13.2. The molecule has 8 nitrogen and oxygen atoms in total. The third-order valence-electron chi connectivity index (χ3n) is 7.06. The van der Waals surface area contributed by atoms with Gasteiger partial charge in [-0.2, -0.15) is 4.31 Å². The lowest BCUT2D eigenvalue weighted by molar-refractivity contribution is 0.0940. The zero-order chi connectivity index (χ0) is 23.6. The standard InChI is InChI=1S/C24H34N4O4S/c1-17-8-12-28(13-9-17)33(31,32)19-6-7-22-20(15-19)21(16-23(29)26-22)24(30)25-10-14-27-11-4-3-5-18(27)2/h6-7,15-18H,3-5,8-14H2,1-2H3,(H,25,30)(H,26,29)/t18-/m1/s1. The second-order valence-electron chi connectivity index (χ2n) is 9.48. The van der Waals surface area contributed by atoms with Crippen molar-refractivity contribution < 1.29 is 13.2 Å². The number of nitrogens with one attached hydrogen (secondary N) is 2. The molecule has 2 aliphatic rings. The molecule has 2 aliphatic heterocycles. The Labute approximate surface area is 195 Å². The fraction of sp³-hybridized carbons (Fsp3) is 0.583. The molecule has 2 saturated heterocycles. The first kappa shape index (κ1) is 23.9. The Hall–Kier alpha value is -2.23. The zero-order valence-corrected chi connectivity index (χ0v) is 20.3. The summed E-state index contributed by atoms with van der Waals surface area (Å²) in [4.78, 5) is 30.4. The molecule has 1 aromatic heterocycles. The van der Waals surface area contributed by atoms with Crippen LogP contribution in [-0.4, -0.2) is 67.3 Å². The van der Waals surface area contributed by atoms with E-state index in [1.54, 1.807) is 6.07 Å². The van der Waals surface area contributed by atoms with E-state index in [-0.39, 0.29) is 16.4 Å². The van der Waals surface area contributed by atoms with Crippen LogP contribution in [0.3, 0.4) is 0 Å². The van der Waals surface area contributed by atoms with E-state index in [0.717, 1.165) is 25.9 Å². The first-order chi connectivity index (χ1) is 15.8. The summed E-state index contributed by atoms with van der Waals surface area (Å²) in [5.74, 6) is 0.151. The van der Waals surface area contributed by atoms with Crippen molar-refractivity contribution in [2.75, 3.05) is 32.7 Å². The highest BCUT2D eigenvalue weighted by molar-refractivity contribution is 7.89. The fourth-order valence-electron chi connectivity index (χ4n) is 4.85. The molecule has 0 radical (unpaired) electrons. The monoisotopic (exact) mass is 474 g/mol. The number of pyridine rings is 1. The molecule has 0 spiro atoms. The number of amides is 1. The normalized spacial score (nSPS) is 21.3. The molecular formula is C24H34N4O4S. The molecule has 3 heterocycles. The van der Waals surface area contributed by atoms with Gasteiger partial charge in [-0.1, -0.05) is 13.3 Å². The van der Waals surface area contributed by atoms with Gasteiger partial charge in [0.05, 0.1) is 10.5 Å². The third kappa shape index (κ3) is 5.31. The molecule has 0 aliphatic carbocycles. The summed E-state index contributed by atoms with van der Waals surface area (Å²) in [7, 11) is -3.66. The Bertz CT molecular complexity index is 1170. The number of likely N-dealkylation sites (tertiary alicyclic amines) is 1. The second-order valence-corrected chi connectivity index (χ2v) is 11.4. The number of carbonyl (C=O) groups excluding carboxylic acids is 1. The number of H-pyrrole nitrogens is 1. The van der Waals surface area contributed by atoms with Crippen LogP contribution < -0.4 is 10.9 Å². The molecule has 180 valence electrons. The average molecular weight is 475 g/mol. The summed E-state index contributed by atoms with van der Waals surface area (Å²) < 4.78 is 27.9. The summed E-state index contributed by atoms with van der Waals surface area (Å²) in [6.45, 7) is 7.58. The van der Waals surface area contributed by atoms with Gasteiger partial charge in [-0.15, -0.1) is 0 Å². The first-order valence-corrected chi connectivity index (χ1v) is 13.4. The highest BCUT2D eigenvalue weighted by Crippen LogP contribution is 2.26. The summed E-state index contributed by atoms with van der Waals surface area (Å²) >= 11 is 0. The van der Waals surface area contributed by atoms with E-state index in [4.69, 9.17) is 0 Å². The summed E-state index contributed by atoms with van der Waals surface area (Å²) in [5.41, 5.74) is 0.256. The largest absolute Gasteiger partial charge is 0.351 e. The molecule has 1 atom stereocenters. The van der Waals surface area contributed by atoms with Gasteiger partial charge in [0.1, 0.15) is 0 Å². The van der Waals surface area contributed by atoms with Crippen LogP contribution in [0.2, 0.25) is 0 Å². The van der Waals surface area contributed by atoms with E-state index in [2.05, 4.69) is 29.0 Å². The van der Waals surface area contributed by atoms with Crippen LogP contribution in [0.5, 0.6) is 0 Å². The third-order valence-corrected chi connectivity index (χ3v) is 8.96. The summed E-state index contributed by atoms with van der Waals surface area (Å²) in [6, 6.07) is 6.34. The fourth-order valence-corrected chi connectivity index (χ4v) is 6.35. The molecule has 9 heteroatoms. The lowest BCUT2D eigenvalue weighted by Gasteiger charge is -2.33. The average Bonchev–Trinajstić information content (AvgIpc) is 2.79. The van der Waals surface area contributed by atoms with Crippen molar-refractivity contribution in [3.05, 3.63) is 40.2 Å². The van der Waals surface area contributed by atoms with E-state index in [0.29, 0.717) is 42.5 Å². The molecule has 1 amide bonds. The molecule has 2 N–H and O–H groups in total. The van der Waals surface area contributed by atoms with Gasteiger partial charge < -0.3 is 10.3 Å². The first-order valence-electron chi connectivity index (χ1n) is 11.9. The molecule has 2 fully saturated rings. The van der Waals surface area contributed by atoms with Gasteiger partial charge in [-0.25, -0.2) is 8.42 Å². The number of piperidine rings is 2. The molecular weight excluding hydrogens is 440 g/mol. The summed E-state index contributed by atoms with van der Waals surface area (Å²) in [5, 5.41) is 3.35. The lowest BCUT2D eigenvalue weighted by atomic mass is 10.0. The number of aromatic nitrogens is 1. The van der Waals surface area contributed by atoms with Gasteiger partial charge in [0.25, 0.3) is 5.91 Å². The Balaban J connectivity index is 1.56. The van der Waals surface area contributed by atoms with E-state index < -0.39 is 15.6 Å². The molecule has 33 heavy (non-hydrogen) atoms. The summed E-state index contributed by atoms with van der Waals surface area (Å²) in [6.07, 6.45) is 5.25. The number of sulfonamides is 1. The van der Waals surface area contributed by atoms with Crippen molar-refractivity contribution in [1.82, 2.24) is 19.5 Å². The minimum Gasteiger partial charge on any atom is -0.351 e. The van der Waals surface area contributed by atoms with Gasteiger partial charge >= 0.3 is 0 Å². The van der Waals surface area contributed by atoms with Crippen LogP contribution in [0, 0.1) is 5.92 Å². The van der Waals surface area contributed by atoms with Gasteiger partial charge in [0.2, 0.25) is 15.6 Å². The number of rotatable bonds is 6. The molecule has 0 bridgehead atoms. The number of benzene rings is 1. The number of fused-ring (bicyclic) bond motifs is 1. The van der Waals surface area contributed by atoms with Gasteiger partial charge in [0, 0.05) is 49.2 Å². The van der Waals surface area contributed by atoms with E-state index in [9.17, 15) is 18.0 Å². The van der Waals surface area contributed by atoms with E-state index in [1.807, 2.05) is 0 Å². The number of aromatic amines is 1. The number of hydrogen-bond acceptors (Lipinski definition) is 5. The van der Waals surface area contributed by atoms with Crippen molar-refractivity contribution in [1.29, 1.82) is 0 Å². The Morgan fingerprint density at radius 1 is 1.09 bits per heavy atom. The van der Waals surface area contributed by atoms with Crippen LogP contribution in [0.1, 0.15) is 56.3 Å². The van der Waals surface area contributed by atoms with Gasteiger partial charge in [-0.05, 0) is 63.3 Å². The smallest absolute Gasteiger partial charge is 0.252 e. The van der Waals surface area contributed by atoms with Crippen molar-refractivity contribution >= 4 is 26.8 Å². The molecule has 0 saturated carbocycles. The second kappa shape index (κ2) is 9.95. The SMILES string of the molecule is CC1CCN(S(=O)(=O)c2ccc3[nH]c(=O)cc(C(=O)NCCN4CCCC[C@H]4C)c3c2)CC1. The minimum atomic E-state index is -3.66. The van der Waals surface area contributed by atoms with Crippen molar-refractivity contribution in [3.63, 3.8) is 0 Å². The predicted octanol–water partition coefficient (Wildman–Crippen LogP) is 2.55. The molecule has 2 aromatic rings. The highest BCUT2D eigenvalue weighted by atomic mass is 32.2. The van der Waals surface area contributed by atoms with Crippen LogP contribution in [0.4, 0.5) is 0 Å². The number of carbonyl (C=O) groups is 1.